The molecule has 5 rings (SSSR count). The third-order valence-corrected chi connectivity index (χ3v) is 9.70. The average molecular weight is 671 g/mol. The minimum Gasteiger partial charge on any atom is -0.491 e. The molecule has 8 nitrogen and oxygen atoms in total. The van der Waals surface area contributed by atoms with Crippen molar-refractivity contribution in [1.29, 1.82) is 0 Å². The van der Waals surface area contributed by atoms with E-state index < -0.39 is 0 Å². The highest BCUT2D eigenvalue weighted by Gasteiger charge is 2.40. The molecule has 1 amide bonds. The van der Waals surface area contributed by atoms with E-state index in [1.807, 2.05) is 45.9 Å². The molecule has 2 fully saturated rings. The number of aryl methyl sites for hydroxylation is 1. The average Bonchev–Trinajstić information content (AvgIpc) is 3.21. The van der Waals surface area contributed by atoms with Gasteiger partial charge >= 0.3 is 12.1 Å². The fraction of sp³-hybridized carbons (Fsp3) is 0.632. The van der Waals surface area contributed by atoms with Gasteiger partial charge in [0.05, 0.1) is 31.1 Å². The highest BCUT2D eigenvalue weighted by molar-refractivity contribution is 6.30. The number of carbonyl (C=O) groups excluding carboxylic acids is 2. The number of benzene rings is 2. The number of amides is 1. The molecule has 9 heteroatoms. The van der Waals surface area contributed by atoms with E-state index in [2.05, 4.69) is 24.0 Å². The van der Waals surface area contributed by atoms with Crippen LogP contribution in [0.2, 0.25) is 5.02 Å². The van der Waals surface area contributed by atoms with E-state index in [-0.39, 0.29) is 23.6 Å². The number of ether oxygens (including phenoxy) is 4. The summed E-state index contributed by atoms with van der Waals surface area (Å²) in [7, 11) is 3.14. The van der Waals surface area contributed by atoms with E-state index >= 15 is 0 Å². The van der Waals surface area contributed by atoms with Crippen LogP contribution >= 0.6 is 11.6 Å². The topological polar surface area (TPSA) is 77.5 Å². The number of carbonyl (C=O) groups is 2. The number of halogens is 1. The third kappa shape index (κ3) is 10.0. The number of anilines is 1. The van der Waals surface area contributed by atoms with Gasteiger partial charge in [0.1, 0.15) is 11.4 Å². The second-order valence-electron chi connectivity index (χ2n) is 14.1. The predicted molar refractivity (Wildman–Crippen MR) is 188 cm³/mol. The van der Waals surface area contributed by atoms with Crippen LogP contribution < -0.4 is 9.64 Å². The molecule has 0 spiro atoms. The highest BCUT2D eigenvalue weighted by atomic mass is 35.5. The molecule has 4 atom stereocenters. The van der Waals surface area contributed by atoms with Crippen LogP contribution in [0.3, 0.4) is 0 Å². The summed E-state index contributed by atoms with van der Waals surface area (Å²) in [4.78, 5) is 27.5. The first-order valence-electron chi connectivity index (χ1n) is 17.4. The number of esters is 1. The van der Waals surface area contributed by atoms with Gasteiger partial charge in [-0.1, -0.05) is 31.0 Å². The summed E-state index contributed by atoms with van der Waals surface area (Å²) in [5.74, 6) is 1.93. The molecule has 2 aromatic rings. The van der Waals surface area contributed by atoms with Gasteiger partial charge in [-0.15, -0.1) is 0 Å². The van der Waals surface area contributed by atoms with Crippen LogP contribution in [0.1, 0.15) is 101 Å². The molecule has 2 heterocycles. The SMILES string of the molecule is CCCc1cc(Cl)ccc1C1COc2ccc(C(=O)OC)cc2N(CC2CCC2C2CCCCO2)C1.CCN(C)C(=O)OC(C)(C)C. The van der Waals surface area contributed by atoms with Crippen molar-refractivity contribution in [2.24, 2.45) is 11.8 Å². The maximum atomic E-state index is 12.4. The molecule has 2 aromatic carbocycles. The van der Waals surface area contributed by atoms with Gasteiger partial charge in [0, 0.05) is 44.2 Å². The van der Waals surface area contributed by atoms with Crippen molar-refractivity contribution >= 4 is 29.4 Å². The quantitative estimate of drug-likeness (QED) is 0.261. The molecule has 0 bridgehead atoms. The zero-order valence-electron chi connectivity index (χ0n) is 29.5. The smallest absolute Gasteiger partial charge is 0.410 e. The molecule has 1 saturated heterocycles. The Hall–Kier alpha value is -2.97. The van der Waals surface area contributed by atoms with Crippen LogP contribution in [0.15, 0.2) is 36.4 Å². The van der Waals surface area contributed by atoms with Crippen LogP contribution in [-0.4, -0.2) is 75.7 Å². The molecule has 4 unspecified atom stereocenters. The molecule has 1 aliphatic carbocycles. The molecule has 2 aliphatic heterocycles. The van der Waals surface area contributed by atoms with Crippen molar-refractivity contribution in [2.75, 3.05) is 51.9 Å². The number of fused-ring (bicyclic) bond motifs is 1. The zero-order valence-corrected chi connectivity index (χ0v) is 30.2. The summed E-state index contributed by atoms with van der Waals surface area (Å²) in [5.41, 5.74) is 3.77. The molecule has 0 radical (unpaired) electrons. The van der Waals surface area contributed by atoms with Crippen LogP contribution in [0.5, 0.6) is 5.75 Å². The van der Waals surface area contributed by atoms with Crippen molar-refractivity contribution in [3.05, 3.63) is 58.1 Å². The molecule has 260 valence electrons. The number of methoxy groups -OCH3 is 1. The van der Waals surface area contributed by atoms with Crippen LogP contribution in [-0.2, 0) is 20.6 Å². The predicted octanol–water partition coefficient (Wildman–Crippen LogP) is 8.53. The van der Waals surface area contributed by atoms with E-state index in [4.69, 9.17) is 30.5 Å². The van der Waals surface area contributed by atoms with E-state index in [0.717, 1.165) is 49.0 Å². The summed E-state index contributed by atoms with van der Waals surface area (Å²) in [6.45, 7) is 13.6. The number of nitrogens with zero attached hydrogens (tertiary/aromatic N) is 2. The van der Waals surface area contributed by atoms with Crippen molar-refractivity contribution in [2.45, 2.75) is 97.2 Å². The van der Waals surface area contributed by atoms with Gasteiger partial charge in [-0.2, -0.15) is 0 Å². The van der Waals surface area contributed by atoms with Gasteiger partial charge in [-0.05, 0) is 120 Å². The Balaban J connectivity index is 0.000000391. The lowest BCUT2D eigenvalue weighted by Crippen LogP contribution is -2.45. The third-order valence-electron chi connectivity index (χ3n) is 9.47. The molecule has 0 aromatic heterocycles. The fourth-order valence-electron chi connectivity index (χ4n) is 6.72. The number of hydrogen-bond acceptors (Lipinski definition) is 7. The van der Waals surface area contributed by atoms with E-state index in [9.17, 15) is 9.59 Å². The molecular weight excluding hydrogens is 616 g/mol. The van der Waals surface area contributed by atoms with Crippen molar-refractivity contribution in [3.8, 4) is 5.75 Å². The Morgan fingerprint density at radius 2 is 1.85 bits per heavy atom. The van der Waals surface area contributed by atoms with Crippen molar-refractivity contribution < 1.29 is 28.5 Å². The lowest BCUT2D eigenvalue weighted by Gasteiger charge is -2.45. The molecule has 0 N–H and O–H groups in total. The normalized spacial score (nSPS) is 22.3. The summed E-state index contributed by atoms with van der Waals surface area (Å²) in [5, 5.41) is 0.782. The van der Waals surface area contributed by atoms with Crippen molar-refractivity contribution in [1.82, 2.24) is 4.90 Å². The first kappa shape index (κ1) is 36.9. The summed E-state index contributed by atoms with van der Waals surface area (Å²) >= 11 is 6.37. The molecule has 3 aliphatic rings. The van der Waals surface area contributed by atoms with Gasteiger partial charge < -0.3 is 28.7 Å². The Bertz CT molecular complexity index is 1340. The first-order valence-corrected chi connectivity index (χ1v) is 17.8. The first-order chi connectivity index (χ1) is 22.4. The number of rotatable bonds is 8. The minimum absolute atomic E-state index is 0.210. The molecular formula is C38H55ClN2O6. The van der Waals surface area contributed by atoms with Crippen molar-refractivity contribution in [3.63, 3.8) is 0 Å². The van der Waals surface area contributed by atoms with Gasteiger partial charge in [-0.25, -0.2) is 9.59 Å². The zero-order chi connectivity index (χ0) is 34.1. The lowest BCUT2D eigenvalue weighted by atomic mass is 9.69. The van der Waals surface area contributed by atoms with Gasteiger partial charge in [0.25, 0.3) is 0 Å². The molecule has 47 heavy (non-hydrogen) atoms. The Labute approximate surface area is 287 Å². The number of hydrogen-bond donors (Lipinski definition) is 0. The molecule has 1 saturated carbocycles. The summed E-state index contributed by atoms with van der Waals surface area (Å²) < 4.78 is 22.7. The minimum atomic E-state index is -0.388. The van der Waals surface area contributed by atoms with Crippen LogP contribution in [0.25, 0.3) is 0 Å². The van der Waals surface area contributed by atoms with Gasteiger partial charge in [0.15, 0.2) is 0 Å². The second kappa shape index (κ2) is 16.9. The fourth-order valence-corrected chi connectivity index (χ4v) is 6.92. The van der Waals surface area contributed by atoms with E-state index in [0.29, 0.717) is 36.7 Å². The van der Waals surface area contributed by atoms with Gasteiger partial charge in [0.2, 0.25) is 0 Å². The van der Waals surface area contributed by atoms with E-state index in [1.165, 1.54) is 55.2 Å². The summed E-state index contributed by atoms with van der Waals surface area (Å²) in [6, 6.07) is 12.0. The van der Waals surface area contributed by atoms with E-state index in [1.54, 1.807) is 13.1 Å². The Morgan fingerprint density at radius 1 is 1.06 bits per heavy atom. The summed E-state index contributed by atoms with van der Waals surface area (Å²) in [6.07, 6.45) is 8.30. The van der Waals surface area contributed by atoms with Crippen LogP contribution in [0.4, 0.5) is 10.5 Å². The Kier molecular flexibility index (Phi) is 13.3. The maximum Gasteiger partial charge on any atom is 0.410 e. The standard InChI is InChI=1S/C30H38ClNO4.C8H17NO2/c1-3-6-20-15-24(31)10-12-25(20)23-18-32(17-22-8-11-26(22)28-7-4-5-14-35-28)27-16-21(30(33)34-2)9-13-29(27)36-19-23;1-6-9(5)7(10)11-8(2,3)4/h9-10,12-13,15-16,22-23,26,28H,3-8,11,14,17-19H2,1-2H3;6H2,1-5H3. The van der Waals surface area contributed by atoms with Gasteiger partial charge in [-0.3, -0.25) is 0 Å². The van der Waals surface area contributed by atoms with Crippen LogP contribution in [0, 0.1) is 11.8 Å². The largest absolute Gasteiger partial charge is 0.491 e. The monoisotopic (exact) mass is 670 g/mol. The lowest BCUT2D eigenvalue weighted by molar-refractivity contribution is -0.0663. The highest BCUT2D eigenvalue weighted by Crippen LogP contribution is 2.44. The Morgan fingerprint density at radius 3 is 2.47 bits per heavy atom. The second-order valence-corrected chi connectivity index (χ2v) is 14.5. The maximum absolute atomic E-state index is 12.4.